The van der Waals surface area contributed by atoms with Crippen LogP contribution in [0.5, 0.6) is 0 Å². The maximum atomic E-state index is 12.0. The Bertz CT molecular complexity index is 508. The molecule has 9 heteroatoms. The Morgan fingerprint density at radius 3 is 2.22 bits per heavy atom. The van der Waals surface area contributed by atoms with E-state index in [1.54, 1.807) is 0 Å². The summed E-state index contributed by atoms with van der Waals surface area (Å²) in [6.45, 7) is 0.242. The molecule has 2 N–H and O–H groups in total. The van der Waals surface area contributed by atoms with E-state index in [1.165, 1.54) is 4.31 Å². The monoisotopic (exact) mass is 314 g/mol. The summed E-state index contributed by atoms with van der Waals surface area (Å²) in [6, 6.07) is -0.0103. The zero-order valence-electron chi connectivity index (χ0n) is 10.2. The highest BCUT2D eigenvalue weighted by atomic mass is 32.2. The summed E-state index contributed by atoms with van der Waals surface area (Å²) in [7, 11) is -6.83. The van der Waals surface area contributed by atoms with Crippen molar-refractivity contribution in [1.82, 2.24) is 4.31 Å². The van der Waals surface area contributed by atoms with E-state index in [2.05, 4.69) is 0 Å². The summed E-state index contributed by atoms with van der Waals surface area (Å²) in [5.74, 6) is -0.731. The molecule has 0 aromatic heterocycles. The third-order valence-electron chi connectivity index (χ3n) is 2.60. The number of rotatable bonds is 8. The topological polar surface area (TPSA) is 97.5 Å². The summed E-state index contributed by atoms with van der Waals surface area (Å²) >= 11 is 4.73. The molecule has 0 atom stereocenters. The van der Waals surface area contributed by atoms with Crippen molar-refractivity contribution in [3.63, 3.8) is 0 Å². The van der Waals surface area contributed by atoms with E-state index in [1.807, 2.05) is 0 Å². The van der Waals surface area contributed by atoms with E-state index in [0.29, 0.717) is 6.42 Å². The minimum atomic E-state index is -3.55. The predicted octanol–water partition coefficient (Wildman–Crippen LogP) is -0.499. The van der Waals surface area contributed by atoms with Gasteiger partial charge in [0.2, 0.25) is 10.0 Å². The lowest BCUT2D eigenvalue weighted by Crippen LogP contribution is -2.38. The second kappa shape index (κ2) is 5.81. The molecule has 0 spiro atoms. The number of thiocarbonyl (C=S) groups is 1. The average molecular weight is 314 g/mol. The van der Waals surface area contributed by atoms with Gasteiger partial charge in [-0.2, -0.15) is 4.31 Å². The lowest BCUT2D eigenvalue weighted by atomic mass is 10.4. The van der Waals surface area contributed by atoms with Gasteiger partial charge < -0.3 is 5.73 Å². The molecule has 6 nitrogen and oxygen atoms in total. The molecule has 1 aliphatic rings. The molecular weight excluding hydrogens is 296 g/mol. The molecule has 0 heterocycles. The van der Waals surface area contributed by atoms with Crippen molar-refractivity contribution in [3.05, 3.63) is 0 Å². The summed E-state index contributed by atoms with van der Waals surface area (Å²) in [5.41, 5.74) is 5.36. The first-order valence-corrected chi connectivity index (χ1v) is 9.65. The summed E-state index contributed by atoms with van der Waals surface area (Å²) < 4.78 is 47.5. The van der Waals surface area contributed by atoms with E-state index in [4.69, 9.17) is 18.0 Å². The van der Waals surface area contributed by atoms with Gasteiger partial charge in [0.05, 0.1) is 16.5 Å². The lowest BCUT2D eigenvalue weighted by molar-refractivity contribution is 0.414. The second-order valence-electron chi connectivity index (χ2n) is 4.50. The highest BCUT2D eigenvalue weighted by molar-refractivity contribution is 7.93. The van der Waals surface area contributed by atoms with Gasteiger partial charge in [0.25, 0.3) is 0 Å². The molecule has 1 aliphatic carbocycles. The number of sulfonamides is 1. The molecule has 0 aliphatic heterocycles. The number of sulfone groups is 1. The van der Waals surface area contributed by atoms with Crippen LogP contribution >= 0.6 is 12.2 Å². The minimum absolute atomic E-state index is 0.0103. The summed E-state index contributed by atoms with van der Waals surface area (Å²) in [4.78, 5) is 0.263. The molecular formula is C9H18N2O4S3. The third kappa shape index (κ3) is 5.59. The molecule has 0 saturated heterocycles. The van der Waals surface area contributed by atoms with Gasteiger partial charge in [0, 0.05) is 25.3 Å². The molecule has 1 saturated carbocycles. The normalized spacial score (nSPS) is 17.0. The van der Waals surface area contributed by atoms with E-state index in [-0.39, 0.29) is 29.1 Å². The number of nitrogens with zero attached hydrogens (tertiary/aromatic N) is 1. The zero-order valence-corrected chi connectivity index (χ0v) is 12.7. The highest BCUT2D eigenvalue weighted by Gasteiger charge is 2.36. The van der Waals surface area contributed by atoms with Crippen LogP contribution < -0.4 is 5.73 Å². The molecule has 1 rings (SSSR count). The predicted molar refractivity (Wildman–Crippen MR) is 74.6 cm³/mol. The van der Waals surface area contributed by atoms with E-state index in [9.17, 15) is 16.8 Å². The number of hydrogen-bond acceptors (Lipinski definition) is 5. The lowest BCUT2D eigenvalue weighted by Gasteiger charge is -2.21. The largest absolute Gasteiger partial charge is 0.393 e. The third-order valence-corrected chi connectivity index (χ3v) is 5.93. The van der Waals surface area contributed by atoms with Gasteiger partial charge in [-0.05, 0) is 12.8 Å². The smallest absolute Gasteiger partial charge is 0.215 e. The van der Waals surface area contributed by atoms with Crippen LogP contribution in [0.1, 0.15) is 19.3 Å². The first-order valence-electron chi connectivity index (χ1n) is 5.57. The molecule has 106 valence electrons. The Kier molecular flexibility index (Phi) is 5.10. The van der Waals surface area contributed by atoms with Crippen LogP contribution in [0.4, 0.5) is 0 Å². The molecule has 0 radical (unpaired) electrons. The molecule has 0 aromatic rings. The van der Waals surface area contributed by atoms with Crippen molar-refractivity contribution in [1.29, 1.82) is 0 Å². The molecule has 18 heavy (non-hydrogen) atoms. The fraction of sp³-hybridized carbons (Fsp3) is 0.889. The van der Waals surface area contributed by atoms with Gasteiger partial charge in [0.15, 0.2) is 0 Å². The zero-order chi connectivity index (χ0) is 14.0. The molecule has 0 amide bonds. The number of nitrogens with two attached hydrogens (primary N) is 1. The standard InChI is InChI=1S/C9H18N2O4S3/c1-17(12,13)6-7-18(14,15)11(8-2-3-8)5-4-9(10)16/h8H,2-7H2,1H3,(H2,10,16). The molecule has 1 fully saturated rings. The van der Waals surface area contributed by atoms with Crippen LogP contribution in [-0.4, -0.2) is 56.5 Å². The first-order chi connectivity index (χ1) is 8.12. The highest BCUT2D eigenvalue weighted by Crippen LogP contribution is 2.29. The van der Waals surface area contributed by atoms with Crippen LogP contribution in [0.2, 0.25) is 0 Å². The molecule has 0 bridgehead atoms. The van der Waals surface area contributed by atoms with Gasteiger partial charge in [-0.25, -0.2) is 16.8 Å². The Labute approximate surface area is 113 Å². The van der Waals surface area contributed by atoms with E-state index >= 15 is 0 Å². The first kappa shape index (κ1) is 15.8. The van der Waals surface area contributed by atoms with Crippen LogP contribution in [0, 0.1) is 0 Å². The van der Waals surface area contributed by atoms with Crippen molar-refractivity contribution in [2.24, 2.45) is 5.73 Å². The quantitative estimate of drug-likeness (QED) is 0.607. The summed E-state index contributed by atoms with van der Waals surface area (Å²) in [5, 5.41) is 0. The SMILES string of the molecule is CS(=O)(=O)CCS(=O)(=O)N(CCC(N)=S)C1CC1. The minimum Gasteiger partial charge on any atom is -0.393 e. The van der Waals surface area contributed by atoms with Crippen molar-refractivity contribution < 1.29 is 16.8 Å². The van der Waals surface area contributed by atoms with Gasteiger partial charge in [-0.3, -0.25) is 0 Å². The van der Waals surface area contributed by atoms with Crippen molar-refractivity contribution in [2.45, 2.75) is 25.3 Å². The maximum absolute atomic E-state index is 12.0. The second-order valence-corrected chi connectivity index (χ2v) is 9.33. The van der Waals surface area contributed by atoms with E-state index in [0.717, 1.165) is 19.1 Å². The average Bonchev–Trinajstić information content (AvgIpc) is 2.97. The van der Waals surface area contributed by atoms with Crippen molar-refractivity contribution in [3.8, 4) is 0 Å². The summed E-state index contributed by atoms with van der Waals surface area (Å²) in [6.07, 6.45) is 2.98. The fourth-order valence-corrected chi connectivity index (χ4v) is 4.92. The van der Waals surface area contributed by atoms with Gasteiger partial charge >= 0.3 is 0 Å². The molecule has 0 unspecified atom stereocenters. The Morgan fingerprint density at radius 1 is 1.28 bits per heavy atom. The maximum Gasteiger partial charge on any atom is 0.215 e. The fourth-order valence-electron chi connectivity index (χ4n) is 1.51. The van der Waals surface area contributed by atoms with Crippen LogP contribution in [0.15, 0.2) is 0 Å². The van der Waals surface area contributed by atoms with Gasteiger partial charge in [-0.1, -0.05) is 12.2 Å². The van der Waals surface area contributed by atoms with Gasteiger partial charge in [0.1, 0.15) is 9.84 Å². The van der Waals surface area contributed by atoms with Crippen LogP contribution in [-0.2, 0) is 19.9 Å². The molecule has 0 aromatic carbocycles. The van der Waals surface area contributed by atoms with Gasteiger partial charge in [-0.15, -0.1) is 0 Å². The van der Waals surface area contributed by atoms with Crippen LogP contribution in [0.25, 0.3) is 0 Å². The Balaban J connectivity index is 2.68. The Hall–Kier alpha value is -0.250. The van der Waals surface area contributed by atoms with Crippen LogP contribution in [0.3, 0.4) is 0 Å². The Morgan fingerprint density at radius 2 is 1.83 bits per heavy atom. The van der Waals surface area contributed by atoms with E-state index < -0.39 is 19.9 Å². The van der Waals surface area contributed by atoms with Crippen molar-refractivity contribution in [2.75, 3.05) is 24.3 Å². The van der Waals surface area contributed by atoms with Crippen molar-refractivity contribution >= 4 is 37.1 Å². The number of hydrogen-bond donors (Lipinski definition) is 1.